The first kappa shape index (κ1) is 19.5. The fourth-order valence-electron chi connectivity index (χ4n) is 4.15. The molecule has 148 valence electrons. The summed E-state index contributed by atoms with van der Waals surface area (Å²) in [4.78, 5) is 31.6. The number of morpholine rings is 1. The topological polar surface area (TPSA) is 74.4 Å². The van der Waals surface area contributed by atoms with E-state index >= 15 is 0 Å². The number of methoxy groups -OCH3 is 1. The molecule has 26 heavy (non-hydrogen) atoms. The van der Waals surface area contributed by atoms with Crippen LogP contribution >= 0.6 is 0 Å². The van der Waals surface area contributed by atoms with E-state index in [0.29, 0.717) is 52.5 Å². The molecule has 0 atom stereocenters. The van der Waals surface area contributed by atoms with Crippen molar-refractivity contribution in [1.82, 2.24) is 20.0 Å². The summed E-state index contributed by atoms with van der Waals surface area (Å²) in [7, 11) is 1.67. The van der Waals surface area contributed by atoms with Crippen molar-refractivity contribution >= 4 is 11.8 Å². The second-order valence-corrected chi connectivity index (χ2v) is 7.52. The molecule has 8 heteroatoms. The summed E-state index contributed by atoms with van der Waals surface area (Å²) in [6, 6.07) is 0. The van der Waals surface area contributed by atoms with Crippen molar-refractivity contribution in [1.29, 1.82) is 0 Å². The van der Waals surface area contributed by atoms with Crippen LogP contribution < -0.4 is 5.32 Å². The quantitative estimate of drug-likeness (QED) is 0.671. The Hall–Kier alpha value is -1.22. The molecule has 0 spiro atoms. The van der Waals surface area contributed by atoms with E-state index in [1.54, 1.807) is 7.11 Å². The highest BCUT2D eigenvalue weighted by atomic mass is 16.5. The number of piperazine rings is 1. The van der Waals surface area contributed by atoms with Crippen LogP contribution in [0.15, 0.2) is 0 Å². The number of nitrogens with one attached hydrogen (secondary N) is 1. The van der Waals surface area contributed by atoms with E-state index < -0.39 is 5.41 Å². The summed E-state index contributed by atoms with van der Waals surface area (Å²) in [5, 5.41) is 3.32. The van der Waals surface area contributed by atoms with Crippen LogP contribution in [0.4, 0.5) is 0 Å². The summed E-state index contributed by atoms with van der Waals surface area (Å²) in [6.07, 6.45) is 1.63. The van der Waals surface area contributed by atoms with Crippen LogP contribution in [0.2, 0.25) is 0 Å². The van der Waals surface area contributed by atoms with Gasteiger partial charge >= 0.3 is 0 Å². The van der Waals surface area contributed by atoms with Crippen LogP contribution in [-0.4, -0.2) is 112 Å². The van der Waals surface area contributed by atoms with Crippen LogP contribution in [0.1, 0.15) is 12.8 Å². The highest BCUT2D eigenvalue weighted by Gasteiger charge is 2.43. The van der Waals surface area contributed by atoms with Crippen molar-refractivity contribution in [3.63, 3.8) is 0 Å². The molecule has 0 unspecified atom stereocenters. The van der Waals surface area contributed by atoms with Crippen LogP contribution in [0.5, 0.6) is 0 Å². The van der Waals surface area contributed by atoms with Gasteiger partial charge in [-0.2, -0.15) is 0 Å². The molecule has 3 heterocycles. The van der Waals surface area contributed by atoms with E-state index in [4.69, 9.17) is 9.47 Å². The zero-order chi connectivity index (χ0) is 18.4. The van der Waals surface area contributed by atoms with Crippen LogP contribution in [-0.2, 0) is 19.1 Å². The Kier molecular flexibility index (Phi) is 6.86. The molecule has 0 radical (unpaired) electrons. The largest absolute Gasteiger partial charge is 0.384 e. The molecule has 0 aliphatic carbocycles. The average Bonchev–Trinajstić information content (AvgIpc) is 2.69. The monoisotopic (exact) mass is 368 g/mol. The normalized spacial score (nSPS) is 24.5. The third kappa shape index (κ3) is 4.54. The Balaban J connectivity index is 1.50. The minimum Gasteiger partial charge on any atom is -0.384 e. The van der Waals surface area contributed by atoms with Crippen molar-refractivity contribution in [3.8, 4) is 0 Å². The lowest BCUT2D eigenvalue weighted by Gasteiger charge is -2.43. The maximum absolute atomic E-state index is 13.2. The van der Waals surface area contributed by atoms with Gasteiger partial charge in [-0.15, -0.1) is 0 Å². The first-order valence-corrected chi connectivity index (χ1v) is 9.71. The highest BCUT2D eigenvalue weighted by Crippen LogP contribution is 2.32. The minimum absolute atomic E-state index is 0.160. The van der Waals surface area contributed by atoms with E-state index in [2.05, 4.69) is 10.2 Å². The van der Waals surface area contributed by atoms with E-state index in [1.807, 2.05) is 9.80 Å². The van der Waals surface area contributed by atoms with Gasteiger partial charge in [-0.1, -0.05) is 0 Å². The van der Waals surface area contributed by atoms with Crippen LogP contribution in [0.3, 0.4) is 0 Å². The molecule has 0 bridgehead atoms. The lowest BCUT2D eigenvalue weighted by atomic mass is 9.78. The predicted octanol–water partition coefficient (Wildman–Crippen LogP) is -0.994. The molecule has 3 fully saturated rings. The maximum atomic E-state index is 13.2. The molecule has 0 aromatic carbocycles. The van der Waals surface area contributed by atoms with E-state index in [1.165, 1.54) is 0 Å². The van der Waals surface area contributed by atoms with E-state index in [0.717, 1.165) is 39.0 Å². The van der Waals surface area contributed by atoms with Gasteiger partial charge < -0.3 is 24.6 Å². The highest BCUT2D eigenvalue weighted by molar-refractivity contribution is 5.84. The lowest BCUT2D eigenvalue weighted by molar-refractivity contribution is -0.152. The van der Waals surface area contributed by atoms with Gasteiger partial charge in [0.05, 0.1) is 31.8 Å². The molecule has 0 aromatic rings. The van der Waals surface area contributed by atoms with Gasteiger partial charge in [0.1, 0.15) is 0 Å². The third-order valence-corrected chi connectivity index (χ3v) is 5.82. The zero-order valence-corrected chi connectivity index (χ0v) is 15.9. The number of carbonyl (C=O) groups excluding carboxylic acids is 2. The maximum Gasteiger partial charge on any atom is 0.236 e. The fraction of sp³-hybridized carbons (Fsp3) is 0.889. The Bertz CT molecular complexity index is 476. The van der Waals surface area contributed by atoms with E-state index in [9.17, 15) is 9.59 Å². The van der Waals surface area contributed by atoms with Crippen molar-refractivity contribution in [2.24, 2.45) is 5.41 Å². The van der Waals surface area contributed by atoms with Gasteiger partial charge in [-0.05, 0) is 25.9 Å². The zero-order valence-electron chi connectivity index (χ0n) is 15.9. The SMILES string of the molecule is COCC1(C(=O)N2CCN(C(=O)CN3CCOCC3)CC2)CCNCC1. The summed E-state index contributed by atoms with van der Waals surface area (Å²) < 4.78 is 10.7. The predicted molar refractivity (Wildman–Crippen MR) is 96.8 cm³/mol. The Morgan fingerprint density at radius 2 is 1.62 bits per heavy atom. The average molecular weight is 368 g/mol. The number of amides is 2. The molecule has 0 aromatic heterocycles. The standard InChI is InChI=1S/C18H32N4O4/c1-25-15-18(2-4-19-5-3-18)17(24)22-8-6-21(7-9-22)16(23)14-20-10-12-26-13-11-20/h19H,2-15H2,1H3. The molecular weight excluding hydrogens is 336 g/mol. The number of ether oxygens (including phenoxy) is 2. The van der Waals surface area contributed by atoms with Gasteiger partial charge in [0.2, 0.25) is 11.8 Å². The molecule has 3 rings (SSSR count). The summed E-state index contributed by atoms with van der Waals surface area (Å²) in [5.41, 5.74) is -0.403. The van der Waals surface area contributed by atoms with Gasteiger partial charge in [0.15, 0.2) is 0 Å². The number of rotatable bonds is 5. The molecule has 3 aliphatic rings. The van der Waals surface area contributed by atoms with Crippen LogP contribution in [0, 0.1) is 5.41 Å². The Labute approximate surface area is 155 Å². The molecule has 2 amide bonds. The first-order chi connectivity index (χ1) is 12.6. The number of nitrogens with zero attached hydrogens (tertiary/aromatic N) is 3. The van der Waals surface area contributed by atoms with Crippen molar-refractivity contribution in [2.75, 3.05) is 85.8 Å². The Morgan fingerprint density at radius 1 is 1.00 bits per heavy atom. The molecule has 3 saturated heterocycles. The number of hydrogen-bond donors (Lipinski definition) is 1. The lowest BCUT2D eigenvalue weighted by Crippen LogP contribution is -2.58. The minimum atomic E-state index is -0.403. The number of piperidine rings is 1. The second-order valence-electron chi connectivity index (χ2n) is 7.52. The number of hydrogen-bond acceptors (Lipinski definition) is 6. The molecule has 0 saturated carbocycles. The van der Waals surface area contributed by atoms with Gasteiger partial charge in [0, 0.05) is 46.4 Å². The molecule has 1 N–H and O–H groups in total. The smallest absolute Gasteiger partial charge is 0.236 e. The van der Waals surface area contributed by atoms with Crippen molar-refractivity contribution in [2.45, 2.75) is 12.8 Å². The summed E-state index contributed by atoms with van der Waals surface area (Å²) >= 11 is 0. The second kappa shape index (κ2) is 9.12. The molecular formula is C18H32N4O4. The fourth-order valence-corrected chi connectivity index (χ4v) is 4.15. The Morgan fingerprint density at radius 3 is 2.23 bits per heavy atom. The van der Waals surface area contributed by atoms with Crippen molar-refractivity contribution < 1.29 is 19.1 Å². The summed E-state index contributed by atoms with van der Waals surface area (Å²) in [5.74, 6) is 0.355. The summed E-state index contributed by atoms with van der Waals surface area (Å²) in [6.45, 7) is 8.15. The van der Waals surface area contributed by atoms with Gasteiger partial charge in [-0.25, -0.2) is 0 Å². The first-order valence-electron chi connectivity index (χ1n) is 9.71. The van der Waals surface area contributed by atoms with Crippen molar-refractivity contribution in [3.05, 3.63) is 0 Å². The third-order valence-electron chi connectivity index (χ3n) is 5.82. The molecule has 3 aliphatic heterocycles. The molecule has 8 nitrogen and oxygen atoms in total. The van der Waals surface area contributed by atoms with Gasteiger partial charge in [0.25, 0.3) is 0 Å². The number of carbonyl (C=O) groups is 2. The van der Waals surface area contributed by atoms with Gasteiger partial charge in [-0.3, -0.25) is 14.5 Å². The van der Waals surface area contributed by atoms with Crippen LogP contribution in [0.25, 0.3) is 0 Å². The van der Waals surface area contributed by atoms with E-state index in [-0.39, 0.29) is 11.8 Å².